The summed E-state index contributed by atoms with van der Waals surface area (Å²) in [5.74, 6) is 2.14. The van der Waals surface area contributed by atoms with Crippen LogP contribution in [0, 0.1) is 11.7 Å². The summed E-state index contributed by atoms with van der Waals surface area (Å²) in [6.45, 7) is 7.70. The fourth-order valence-electron chi connectivity index (χ4n) is 4.04. The molecule has 1 saturated heterocycles. The molecular weight excluding hydrogens is 377 g/mol. The minimum absolute atomic E-state index is 0.279. The quantitative estimate of drug-likeness (QED) is 0.606. The van der Waals surface area contributed by atoms with Crippen LogP contribution in [-0.4, -0.2) is 39.5 Å². The molecule has 0 radical (unpaired) electrons. The van der Waals surface area contributed by atoms with Gasteiger partial charge in [0.1, 0.15) is 17.5 Å². The standard InChI is InChI=1S/C24H28FN5/c1-17(2)15-30-11-5-7-19(16-30)24-28-22(18-6-4-10-26-14-18)13-23(29-24)27-21-9-3-8-20(25)12-21/h3-4,6,8-10,12-14,17,19H,5,7,11,15-16H2,1-2H3,(H,27,28,29). The van der Waals surface area contributed by atoms with E-state index in [0.29, 0.717) is 17.4 Å². The number of pyridine rings is 1. The number of hydrogen-bond acceptors (Lipinski definition) is 5. The van der Waals surface area contributed by atoms with E-state index in [1.807, 2.05) is 30.5 Å². The summed E-state index contributed by atoms with van der Waals surface area (Å²) >= 11 is 0. The van der Waals surface area contributed by atoms with Gasteiger partial charge in [0.2, 0.25) is 0 Å². The van der Waals surface area contributed by atoms with Crippen LogP contribution >= 0.6 is 0 Å². The second kappa shape index (κ2) is 9.30. The van der Waals surface area contributed by atoms with Crippen molar-refractivity contribution >= 4 is 11.5 Å². The number of rotatable bonds is 6. The van der Waals surface area contributed by atoms with Crippen molar-refractivity contribution in [3.63, 3.8) is 0 Å². The van der Waals surface area contributed by atoms with E-state index in [-0.39, 0.29) is 11.7 Å². The van der Waals surface area contributed by atoms with E-state index in [9.17, 15) is 4.39 Å². The molecule has 3 heterocycles. The lowest BCUT2D eigenvalue weighted by atomic mass is 9.96. The van der Waals surface area contributed by atoms with E-state index >= 15 is 0 Å². The summed E-state index contributed by atoms with van der Waals surface area (Å²) in [4.78, 5) is 16.5. The van der Waals surface area contributed by atoms with Gasteiger partial charge in [-0.15, -0.1) is 0 Å². The molecule has 2 aromatic heterocycles. The van der Waals surface area contributed by atoms with Crippen LogP contribution in [0.15, 0.2) is 54.9 Å². The maximum absolute atomic E-state index is 13.6. The number of nitrogens with zero attached hydrogens (tertiary/aromatic N) is 4. The average Bonchev–Trinajstić information content (AvgIpc) is 2.74. The van der Waals surface area contributed by atoms with Gasteiger partial charge in [-0.1, -0.05) is 19.9 Å². The van der Waals surface area contributed by atoms with Gasteiger partial charge in [0, 0.05) is 48.7 Å². The molecule has 1 unspecified atom stereocenters. The van der Waals surface area contributed by atoms with Crippen molar-refractivity contribution in [1.82, 2.24) is 19.9 Å². The van der Waals surface area contributed by atoms with Crippen molar-refractivity contribution in [3.8, 4) is 11.3 Å². The molecule has 3 aromatic rings. The number of likely N-dealkylation sites (tertiary alicyclic amines) is 1. The van der Waals surface area contributed by atoms with Crippen molar-refractivity contribution in [2.45, 2.75) is 32.6 Å². The predicted molar refractivity (Wildman–Crippen MR) is 118 cm³/mol. The Hall–Kier alpha value is -2.86. The first-order chi connectivity index (χ1) is 14.6. The Bertz CT molecular complexity index is 976. The zero-order valence-electron chi connectivity index (χ0n) is 17.6. The fourth-order valence-corrected chi connectivity index (χ4v) is 4.04. The molecule has 0 aliphatic carbocycles. The Morgan fingerprint density at radius 2 is 2.07 bits per heavy atom. The Morgan fingerprint density at radius 1 is 1.17 bits per heavy atom. The number of anilines is 2. The molecule has 1 aromatic carbocycles. The zero-order chi connectivity index (χ0) is 20.9. The summed E-state index contributed by atoms with van der Waals surface area (Å²) in [6, 6.07) is 12.2. The minimum Gasteiger partial charge on any atom is -0.340 e. The van der Waals surface area contributed by atoms with E-state index in [0.717, 1.165) is 49.6 Å². The molecular formula is C24H28FN5. The second-order valence-electron chi connectivity index (χ2n) is 8.37. The molecule has 156 valence electrons. The number of benzene rings is 1. The van der Waals surface area contributed by atoms with Crippen molar-refractivity contribution in [3.05, 3.63) is 66.5 Å². The second-order valence-corrected chi connectivity index (χ2v) is 8.37. The van der Waals surface area contributed by atoms with Crippen molar-refractivity contribution < 1.29 is 4.39 Å². The first kappa shape index (κ1) is 20.4. The molecule has 0 saturated carbocycles. The van der Waals surface area contributed by atoms with E-state index in [1.54, 1.807) is 12.3 Å². The summed E-state index contributed by atoms with van der Waals surface area (Å²) in [5.41, 5.74) is 2.44. The largest absolute Gasteiger partial charge is 0.340 e. The summed E-state index contributed by atoms with van der Waals surface area (Å²) in [6.07, 6.45) is 5.78. The average molecular weight is 406 g/mol. The number of nitrogens with one attached hydrogen (secondary N) is 1. The highest BCUT2D eigenvalue weighted by Crippen LogP contribution is 2.29. The molecule has 1 N–H and O–H groups in total. The molecule has 1 aliphatic rings. The van der Waals surface area contributed by atoms with Gasteiger partial charge in [0.25, 0.3) is 0 Å². The third kappa shape index (κ3) is 5.19. The van der Waals surface area contributed by atoms with E-state index in [4.69, 9.17) is 9.97 Å². The van der Waals surface area contributed by atoms with Crippen LogP contribution in [-0.2, 0) is 0 Å². The van der Waals surface area contributed by atoms with Crippen LogP contribution in [0.5, 0.6) is 0 Å². The number of hydrogen-bond donors (Lipinski definition) is 1. The molecule has 0 bridgehead atoms. The normalized spacial score (nSPS) is 17.3. The maximum atomic E-state index is 13.6. The van der Waals surface area contributed by atoms with Crippen molar-refractivity contribution in [1.29, 1.82) is 0 Å². The van der Waals surface area contributed by atoms with Gasteiger partial charge in [0.15, 0.2) is 0 Å². The van der Waals surface area contributed by atoms with Crippen molar-refractivity contribution in [2.75, 3.05) is 25.0 Å². The Kier molecular flexibility index (Phi) is 6.33. The molecule has 0 amide bonds. The molecule has 0 spiro atoms. The van der Waals surface area contributed by atoms with Gasteiger partial charge in [-0.25, -0.2) is 14.4 Å². The van der Waals surface area contributed by atoms with Crippen molar-refractivity contribution in [2.24, 2.45) is 5.92 Å². The van der Waals surface area contributed by atoms with Gasteiger partial charge >= 0.3 is 0 Å². The SMILES string of the molecule is CC(C)CN1CCCC(c2nc(Nc3cccc(F)c3)cc(-c3cccnc3)n2)C1. The van der Waals surface area contributed by atoms with Gasteiger partial charge in [-0.3, -0.25) is 4.98 Å². The number of aromatic nitrogens is 3. The minimum atomic E-state index is -0.279. The highest BCUT2D eigenvalue weighted by atomic mass is 19.1. The van der Waals surface area contributed by atoms with Gasteiger partial charge < -0.3 is 10.2 Å². The Morgan fingerprint density at radius 3 is 2.83 bits per heavy atom. The number of halogens is 1. The lowest BCUT2D eigenvalue weighted by Crippen LogP contribution is -2.37. The first-order valence-corrected chi connectivity index (χ1v) is 10.6. The third-order valence-electron chi connectivity index (χ3n) is 5.29. The molecule has 5 nitrogen and oxygen atoms in total. The van der Waals surface area contributed by atoms with Gasteiger partial charge in [-0.05, 0) is 55.6 Å². The Balaban J connectivity index is 1.67. The van der Waals surface area contributed by atoms with E-state index in [2.05, 4.69) is 29.0 Å². The van der Waals surface area contributed by atoms with Gasteiger partial charge in [-0.2, -0.15) is 0 Å². The first-order valence-electron chi connectivity index (χ1n) is 10.6. The topological polar surface area (TPSA) is 53.9 Å². The lowest BCUT2D eigenvalue weighted by Gasteiger charge is -2.33. The zero-order valence-corrected chi connectivity index (χ0v) is 17.6. The van der Waals surface area contributed by atoms with E-state index in [1.165, 1.54) is 12.1 Å². The van der Waals surface area contributed by atoms with E-state index < -0.39 is 0 Å². The molecule has 1 fully saturated rings. The highest BCUT2D eigenvalue weighted by molar-refractivity contribution is 5.65. The lowest BCUT2D eigenvalue weighted by molar-refractivity contribution is 0.185. The molecule has 6 heteroatoms. The smallest absolute Gasteiger partial charge is 0.135 e. The summed E-state index contributed by atoms with van der Waals surface area (Å²) < 4.78 is 13.6. The summed E-state index contributed by atoms with van der Waals surface area (Å²) in [7, 11) is 0. The summed E-state index contributed by atoms with van der Waals surface area (Å²) in [5, 5.41) is 3.25. The monoisotopic (exact) mass is 405 g/mol. The van der Waals surface area contributed by atoms with Crippen LogP contribution in [0.3, 0.4) is 0 Å². The third-order valence-corrected chi connectivity index (χ3v) is 5.29. The highest BCUT2D eigenvalue weighted by Gasteiger charge is 2.25. The molecule has 4 rings (SSSR count). The van der Waals surface area contributed by atoms with Crippen LogP contribution in [0.4, 0.5) is 15.9 Å². The molecule has 1 aliphatic heterocycles. The van der Waals surface area contributed by atoms with Crippen LogP contribution in [0.2, 0.25) is 0 Å². The fraction of sp³-hybridized carbons (Fsp3) is 0.375. The number of piperidine rings is 1. The Labute approximate surface area is 177 Å². The molecule has 30 heavy (non-hydrogen) atoms. The molecule has 1 atom stereocenters. The predicted octanol–water partition coefficient (Wildman–Crippen LogP) is 5.26. The van der Waals surface area contributed by atoms with Gasteiger partial charge in [0.05, 0.1) is 5.69 Å². The van der Waals surface area contributed by atoms with Crippen LogP contribution in [0.1, 0.15) is 38.4 Å². The maximum Gasteiger partial charge on any atom is 0.135 e. The van der Waals surface area contributed by atoms with Crippen LogP contribution < -0.4 is 5.32 Å². The van der Waals surface area contributed by atoms with Crippen LogP contribution in [0.25, 0.3) is 11.3 Å².